The molecule has 6 heteroatoms. The monoisotopic (exact) mass is 263 g/mol. The molecule has 0 spiro atoms. The topological polar surface area (TPSA) is 84.3 Å². The molecule has 0 bridgehead atoms. The van der Waals surface area contributed by atoms with E-state index < -0.39 is 4.92 Å². The van der Waals surface area contributed by atoms with Crippen LogP contribution >= 0.6 is 0 Å². The average Bonchev–Trinajstić information content (AvgIpc) is 2.91. The van der Waals surface area contributed by atoms with E-state index in [1.165, 1.54) is 18.6 Å². The second-order valence-corrected chi connectivity index (χ2v) is 4.61. The van der Waals surface area contributed by atoms with Crippen LogP contribution in [0.15, 0.2) is 24.3 Å². The summed E-state index contributed by atoms with van der Waals surface area (Å²) in [5.74, 6) is -0.384. The van der Waals surface area contributed by atoms with Gasteiger partial charge < -0.3 is 10.6 Å². The highest BCUT2D eigenvalue weighted by Crippen LogP contribution is 2.17. The van der Waals surface area contributed by atoms with Gasteiger partial charge in [0.1, 0.15) is 5.56 Å². The van der Waals surface area contributed by atoms with Crippen LogP contribution in [0, 0.1) is 10.1 Å². The van der Waals surface area contributed by atoms with Crippen molar-refractivity contribution >= 4 is 11.6 Å². The van der Waals surface area contributed by atoms with Crippen molar-refractivity contribution in [2.45, 2.75) is 25.3 Å². The maximum Gasteiger partial charge on any atom is 0.282 e. The van der Waals surface area contributed by atoms with E-state index in [-0.39, 0.29) is 17.2 Å². The quantitative estimate of drug-likeness (QED) is 0.622. The molecule has 0 aromatic heterocycles. The number of amides is 1. The molecule has 0 radical (unpaired) electrons. The van der Waals surface area contributed by atoms with Gasteiger partial charge in [-0.3, -0.25) is 14.9 Å². The van der Waals surface area contributed by atoms with Crippen molar-refractivity contribution < 1.29 is 9.72 Å². The standard InChI is InChI=1S/C13H17N3O3/c17-13(15-9-7-10-4-3-8-14-10)11-5-1-2-6-12(11)16(18)19/h1-2,5-6,10,14H,3-4,7-9H2,(H,15,17)/t10-/m0/s1. The Kier molecular flexibility index (Phi) is 4.46. The number of para-hydroxylation sites is 1. The normalized spacial score (nSPS) is 18.2. The van der Waals surface area contributed by atoms with E-state index in [0.29, 0.717) is 12.6 Å². The number of nitrogens with one attached hydrogen (secondary N) is 2. The summed E-state index contributed by atoms with van der Waals surface area (Å²) in [4.78, 5) is 22.2. The minimum atomic E-state index is -0.534. The highest BCUT2D eigenvalue weighted by Gasteiger charge is 2.19. The lowest BCUT2D eigenvalue weighted by Crippen LogP contribution is -2.30. The number of hydrogen-bond acceptors (Lipinski definition) is 4. The largest absolute Gasteiger partial charge is 0.352 e. The van der Waals surface area contributed by atoms with Crippen molar-refractivity contribution in [1.82, 2.24) is 10.6 Å². The third-order valence-electron chi connectivity index (χ3n) is 3.29. The van der Waals surface area contributed by atoms with Crippen LogP contribution in [0.1, 0.15) is 29.6 Å². The van der Waals surface area contributed by atoms with Crippen molar-refractivity contribution in [3.8, 4) is 0 Å². The zero-order valence-electron chi connectivity index (χ0n) is 10.6. The Hall–Kier alpha value is -1.95. The number of nitro benzene ring substituents is 1. The Bertz CT molecular complexity index is 470. The van der Waals surface area contributed by atoms with Crippen LogP contribution in [0.25, 0.3) is 0 Å². The minimum absolute atomic E-state index is 0.117. The lowest BCUT2D eigenvalue weighted by Gasteiger charge is -2.10. The van der Waals surface area contributed by atoms with E-state index in [1.807, 2.05) is 0 Å². The Morgan fingerprint density at radius 2 is 2.26 bits per heavy atom. The molecular weight excluding hydrogens is 246 g/mol. The number of nitro groups is 1. The smallest absolute Gasteiger partial charge is 0.282 e. The van der Waals surface area contributed by atoms with Crippen LogP contribution in [0.3, 0.4) is 0 Å². The molecule has 1 aromatic rings. The summed E-state index contributed by atoms with van der Waals surface area (Å²) in [6, 6.07) is 6.44. The van der Waals surface area contributed by atoms with Crippen LogP contribution < -0.4 is 10.6 Å². The number of carbonyl (C=O) groups is 1. The molecule has 102 valence electrons. The molecule has 2 N–H and O–H groups in total. The Labute approximate surface area is 111 Å². The van der Waals surface area contributed by atoms with E-state index >= 15 is 0 Å². The molecule has 0 saturated carbocycles. The molecule has 1 aliphatic rings. The second-order valence-electron chi connectivity index (χ2n) is 4.61. The first-order chi connectivity index (χ1) is 9.18. The van der Waals surface area contributed by atoms with Crippen molar-refractivity contribution in [3.05, 3.63) is 39.9 Å². The zero-order chi connectivity index (χ0) is 13.7. The van der Waals surface area contributed by atoms with Crippen molar-refractivity contribution in [2.75, 3.05) is 13.1 Å². The van der Waals surface area contributed by atoms with Gasteiger partial charge in [-0.05, 0) is 31.9 Å². The summed E-state index contributed by atoms with van der Waals surface area (Å²) < 4.78 is 0. The molecule has 1 aromatic carbocycles. The first kappa shape index (κ1) is 13.5. The maximum absolute atomic E-state index is 11.9. The van der Waals surface area contributed by atoms with Crippen molar-refractivity contribution in [3.63, 3.8) is 0 Å². The summed E-state index contributed by atoms with van der Waals surface area (Å²) in [6.07, 6.45) is 3.15. The predicted octanol–water partition coefficient (Wildman–Crippen LogP) is 1.47. The van der Waals surface area contributed by atoms with E-state index in [0.717, 1.165) is 19.4 Å². The molecule has 1 aliphatic heterocycles. The van der Waals surface area contributed by atoms with E-state index in [9.17, 15) is 14.9 Å². The molecular formula is C13H17N3O3. The molecule has 1 saturated heterocycles. The SMILES string of the molecule is O=C(NCC[C@@H]1CCCN1)c1ccccc1[N+](=O)[O-]. The molecule has 0 unspecified atom stereocenters. The molecule has 2 rings (SSSR count). The Balaban J connectivity index is 1.90. The third-order valence-corrected chi connectivity index (χ3v) is 3.29. The minimum Gasteiger partial charge on any atom is -0.352 e. The number of rotatable bonds is 5. The second kappa shape index (κ2) is 6.29. The number of nitrogens with zero attached hydrogens (tertiary/aromatic N) is 1. The summed E-state index contributed by atoms with van der Waals surface area (Å²) in [5.41, 5.74) is -0.0362. The molecule has 1 amide bonds. The van der Waals surface area contributed by atoms with Gasteiger partial charge >= 0.3 is 0 Å². The van der Waals surface area contributed by atoms with Gasteiger partial charge in [-0.2, -0.15) is 0 Å². The summed E-state index contributed by atoms with van der Waals surface area (Å²) in [7, 11) is 0. The van der Waals surface area contributed by atoms with Gasteiger partial charge in [0.2, 0.25) is 0 Å². The molecule has 6 nitrogen and oxygen atoms in total. The fourth-order valence-corrected chi connectivity index (χ4v) is 2.28. The number of benzene rings is 1. The average molecular weight is 263 g/mol. The van der Waals surface area contributed by atoms with Crippen LogP contribution in [0.4, 0.5) is 5.69 Å². The zero-order valence-corrected chi connectivity index (χ0v) is 10.6. The first-order valence-electron chi connectivity index (χ1n) is 6.43. The summed E-state index contributed by atoms with van der Waals surface area (Å²) >= 11 is 0. The van der Waals surface area contributed by atoms with Crippen LogP contribution in [0.2, 0.25) is 0 Å². The van der Waals surface area contributed by atoms with E-state index in [2.05, 4.69) is 10.6 Å². The van der Waals surface area contributed by atoms with Gasteiger partial charge in [0.05, 0.1) is 4.92 Å². The Morgan fingerprint density at radius 1 is 1.47 bits per heavy atom. The molecule has 1 atom stereocenters. The van der Waals surface area contributed by atoms with Gasteiger partial charge in [-0.1, -0.05) is 12.1 Å². The van der Waals surface area contributed by atoms with Crippen molar-refractivity contribution in [1.29, 1.82) is 0 Å². The van der Waals surface area contributed by atoms with Gasteiger partial charge in [-0.25, -0.2) is 0 Å². The molecule has 1 fully saturated rings. The van der Waals surface area contributed by atoms with Crippen LogP contribution in [-0.2, 0) is 0 Å². The third kappa shape index (κ3) is 3.51. The lowest BCUT2D eigenvalue weighted by atomic mass is 10.1. The Morgan fingerprint density at radius 3 is 2.95 bits per heavy atom. The van der Waals surface area contributed by atoms with E-state index in [4.69, 9.17) is 0 Å². The van der Waals surface area contributed by atoms with Crippen LogP contribution in [-0.4, -0.2) is 30.0 Å². The highest BCUT2D eigenvalue weighted by molar-refractivity contribution is 5.98. The number of hydrogen-bond donors (Lipinski definition) is 2. The van der Waals surface area contributed by atoms with Crippen molar-refractivity contribution in [2.24, 2.45) is 0 Å². The number of carbonyl (C=O) groups excluding carboxylic acids is 1. The van der Waals surface area contributed by atoms with Gasteiger partial charge in [-0.15, -0.1) is 0 Å². The molecule has 19 heavy (non-hydrogen) atoms. The predicted molar refractivity (Wildman–Crippen MR) is 71.1 cm³/mol. The summed E-state index contributed by atoms with van der Waals surface area (Å²) in [6.45, 7) is 1.56. The fourth-order valence-electron chi connectivity index (χ4n) is 2.28. The maximum atomic E-state index is 11.9. The molecule has 0 aliphatic carbocycles. The van der Waals surface area contributed by atoms with Gasteiger partial charge in [0, 0.05) is 18.7 Å². The van der Waals surface area contributed by atoms with Gasteiger partial charge in [0.15, 0.2) is 0 Å². The molecule has 1 heterocycles. The van der Waals surface area contributed by atoms with Crippen LogP contribution in [0.5, 0.6) is 0 Å². The van der Waals surface area contributed by atoms with Gasteiger partial charge in [0.25, 0.3) is 11.6 Å². The van der Waals surface area contributed by atoms with E-state index in [1.54, 1.807) is 12.1 Å². The first-order valence-corrected chi connectivity index (χ1v) is 6.43. The summed E-state index contributed by atoms with van der Waals surface area (Å²) in [5, 5.41) is 16.9. The highest BCUT2D eigenvalue weighted by atomic mass is 16.6. The fraction of sp³-hybridized carbons (Fsp3) is 0.462. The lowest BCUT2D eigenvalue weighted by molar-refractivity contribution is -0.385.